The maximum atomic E-state index is 12.9. The number of methoxy groups -OCH3 is 1. The zero-order chi connectivity index (χ0) is 17.0. The SMILES string of the molecule is COCCN(Cc1ccc(C)o1)S(=O)(=O)c1cc(Cl)ccc1Cl. The molecule has 126 valence electrons. The topological polar surface area (TPSA) is 59.8 Å². The van der Waals surface area contributed by atoms with E-state index < -0.39 is 10.0 Å². The summed E-state index contributed by atoms with van der Waals surface area (Å²) in [5, 5.41) is 0.418. The Morgan fingerprint density at radius 1 is 1.22 bits per heavy atom. The first kappa shape index (κ1) is 18.3. The Hall–Kier alpha value is -1.05. The number of halogens is 2. The number of hydrogen-bond donors (Lipinski definition) is 0. The molecular formula is C15H17Cl2NO4S. The molecule has 0 unspecified atom stereocenters. The standard InChI is InChI=1S/C15H17Cl2NO4S/c1-11-3-5-13(22-11)10-18(7-8-21-2)23(19,20)15-9-12(16)4-6-14(15)17/h3-6,9H,7-8,10H2,1-2H3. The highest BCUT2D eigenvalue weighted by atomic mass is 35.5. The molecule has 1 aromatic heterocycles. The fourth-order valence-corrected chi connectivity index (χ4v) is 4.16. The van der Waals surface area contributed by atoms with Crippen molar-refractivity contribution in [1.82, 2.24) is 4.31 Å². The summed E-state index contributed by atoms with van der Waals surface area (Å²) in [5.41, 5.74) is 0. The van der Waals surface area contributed by atoms with Crippen LogP contribution in [-0.2, 0) is 21.3 Å². The molecule has 2 aromatic rings. The summed E-state index contributed by atoms with van der Waals surface area (Å²) in [4.78, 5) is -0.0361. The van der Waals surface area contributed by atoms with Gasteiger partial charge in [-0.1, -0.05) is 23.2 Å². The largest absolute Gasteiger partial charge is 0.465 e. The molecule has 0 saturated heterocycles. The number of nitrogens with zero attached hydrogens (tertiary/aromatic N) is 1. The van der Waals surface area contributed by atoms with Crippen LogP contribution in [0.15, 0.2) is 39.6 Å². The monoisotopic (exact) mass is 377 g/mol. The Morgan fingerprint density at radius 3 is 2.57 bits per heavy atom. The van der Waals surface area contributed by atoms with Gasteiger partial charge in [0.25, 0.3) is 0 Å². The van der Waals surface area contributed by atoms with Crippen LogP contribution in [0.1, 0.15) is 11.5 Å². The van der Waals surface area contributed by atoms with E-state index in [0.717, 1.165) is 0 Å². The van der Waals surface area contributed by atoms with E-state index in [0.29, 0.717) is 16.5 Å². The number of rotatable bonds is 7. The van der Waals surface area contributed by atoms with Crippen LogP contribution >= 0.6 is 23.2 Å². The van der Waals surface area contributed by atoms with Gasteiger partial charge in [0, 0.05) is 18.7 Å². The van der Waals surface area contributed by atoms with Crippen LogP contribution < -0.4 is 0 Å². The van der Waals surface area contributed by atoms with Crippen molar-refractivity contribution in [1.29, 1.82) is 0 Å². The van der Waals surface area contributed by atoms with Crippen molar-refractivity contribution in [3.63, 3.8) is 0 Å². The Balaban J connectivity index is 2.37. The molecule has 0 fully saturated rings. The summed E-state index contributed by atoms with van der Waals surface area (Å²) in [6.07, 6.45) is 0. The summed E-state index contributed by atoms with van der Waals surface area (Å²) in [7, 11) is -2.33. The molecule has 0 N–H and O–H groups in total. The molecule has 0 aliphatic rings. The maximum absolute atomic E-state index is 12.9. The molecule has 0 aliphatic carbocycles. The molecule has 0 amide bonds. The normalized spacial score (nSPS) is 12.0. The Labute approximate surface area is 145 Å². The van der Waals surface area contributed by atoms with Gasteiger partial charge in [0.2, 0.25) is 10.0 Å². The van der Waals surface area contributed by atoms with E-state index in [4.69, 9.17) is 32.4 Å². The molecule has 2 rings (SSSR count). The molecule has 23 heavy (non-hydrogen) atoms. The lowest BCUT2D eigenvalue weighted by Crippen LogP contribution is -2.33. The first-order valence-electron chi connectivity index (χ1n) is 6.84. The smallest absolute Gasteiger partial charge is 0.245 e. The van der Waals surface area contributed by atoms with E-state index in [1.54, 1.807) is 19.1 Å². The predicted molar refractivity (Wildman–Crippen MR) is 89.4 cm³/mol. The summed E-state index contributed by atoms with van der Waals surface area (Å²) in [6.45, 7) is 2.30. The second-order valence-corrected chi connectivity index (χ2v) is 7.67. The van der Waals surface area contributed by atoms with Crippen molar-refractivity contribution in [3.8, 4) is 0 Å². The number of ether oxygens (including phenoxy) is 1. The molecule has 8 heteroatoms. The molecule has 5 nitrogen and oxygen atoms in total. The fraction of sp³-hybridized carbons (Fsp3) is 0.333. The lowest BCUT2D eigenvalue weighted by atomic mass is 10.4. The second-order valence-electron chi connectivity index (χ2n) is 4.92. The average Bonchev–Trinajstić information content (AvgIpc) is 2.91. The van der Waals surface area contributed by atoms with Gasteiger partial charge in [0.05, 0.1) is 18.2 Å². The van der Waals surface area contributed by atoms with Gasteiger partial charge in [0.15, 0.2) is 0 Å². The summed E-state index contributed by atoms with van der Waals surface area (Å²) >= 11 is 12.0. The molecule has 1 aromatic carbocycles. The molecule has 0 aliphatic heterocycles. The molecule has 0 saturated carbocycles. The second kappa shape index (κ2) is 7.68. The van der Waals surface area contributed by atoms with Gasteiger partial charge in [-0.3, -0.25) is 0 Å². The van der Waals surface area contributed by atoms with Crippen LogP contribution in [0.25, 0.3) is 0 Å². The van der Waals surface area contributed by atoms with Gasteiger partial charge in [-0.25, -0.2) is 8.42 Å². The van der Waals surface area contributed by atoms with E-state index >= 15 is 0 Å². The van der Waals surface area contributed by atoms with Crippen molar-refractivity contribution in [2.24, 2.45) is 0 Å². The molecule has 0 atom stereocenters. The van der Waals surface area contributed by atoms with Crippen LogP contribution in [0, 0.1) is 6.92 Å². The van der Waals surface area contributed by atoms with Gasteiger partial charge in [-0.05, 0) is 37.3 Å². The molecular weight excluding hydrogens is 361 g/mol. The Morgan fingerprint density at radius 2 is 1.96 bits per heavy atom. The zero-order valence-electron chi connectivity index (χ0n) is 12.8. The van der Waals surface area contributed by atoms with E-state index in [-0.39, 0.29) is 29.6 Å². The minimum absolute atomic E-state index is 0.0361. The number of furan rings is 1. The van der Waals surface area contributed by atoms with E-state index in [1.165, 1.54) is 29.6 Å². The minimum Gasteiger partial charge on any atom is -0.465 e. The molecule has 1 heterocycles. The minimum atomic E-state index is -3.84. The highest BCUT2D eigenvalue weighted by Crippen LogP contribution is 2.28. The van der Waals surface area contributed by atoms with Crippen molar-refractivity contribution in [2.45, 2.75) is 18.4 Å². The van der Waals surface area contributed by atoms with Crippen LogP contribution in [0.2, 0.25) is 10.0 Å². The number of benzene rings is 1. The van der Waals surface area contributed by atoms with Crippen LogP contribution in [0.3, 0.4) is 0 Å². The number of sulfonamides is 1. The third-order valence-electron chi connectivity index (χ3n) is 3.18. The number of aryl methyl sites for hydroxylation is 1. The Bertz CT molecular complexity index is 774. The van der Waals surface area contributed by atoms with Crippen LogP contribution in [0.4, 0.5) is 0 Å². The third kappa shape index (κ3) is 4.49. The number of hydrogen-bond acceptors (Lipinski definition) is 4. The van der Waals surface area contributed by atoms with Gasteiger partial charge in [0.1, 0.15) is 16.4 Å². The van der Waals surface area contributed by atoms with Gasteiger partial charge in [-0.15, -0.1) is 0 Å². The van der Waals surface area contributed by atoms with E-state index in [9.17, 15) is 8.42 Å². The summed E-state index contributed by atoms with van der Waals surface area (Å²) < 4.78 is 37.5. The molecule has 0 spiro atoms. The Kier molecular flexibility index (Phi) is 6.11. The van der Waals surface area contributed by atoms with Gasteiger partial charge < -0.3 is 9.15 Å². The van der Waals surface area contributed by atoms with Crippen LogP contribution in [-0.4, -0.2) is 33.0 Å². The van der Waals surface area contributed by atoms with Crippen molar-refractivity contribution in [3.05, 3.63) is 51.9 Å². The first-order valence-corrected chi connectivity index (χ1v) is 9.03. The van der Waals surface area contributed by atoms with Gasteiger partial charge in [-0.2, -0.15) is 4.31 Å². The quantitative estimate of drug-likeness (QED) is 0.737. The lowest BCUT2D eigenvalue weighted by molar-refractivity contribution is 0.175. The fourth-order valence-electron chi connectivity index (χ4n) is 2.04. The highest BCUT2D eigenvalue weighted by Gasteiger charge is 2.28. The van der Waals surface area contributed by atoms with E-state index in [1.807, 2.05) is 0 Å². The van der Waals surface area contributed by atoms with Crippen molar-refractivity contribution < 1.29 is 17.6 Å². The predicted octanol–water partition coefficient (Wildman–Crippen LogP) is 3.73. The summed E-state index contributed by atoms with van der Waals surface area (Å²) in [5.74, 6) is 1.25. The first-order chi connectivity index (χ1) is 10.8. The maximum Gasteiger partial charge on any atom is 0.245 e. The summed E-state index contributed by atoms with van der Waals surface area (Å²) in [6, 6.07) is 7.86. The zero-order valence-corrected chi connectivity index (χ0v) is 15.1. The molecule has 0 radical (unpaired) electrons. The van der Waals surface area contributed by atoms with Crippen LogP contribution in [0.5, 0.6) is 0 Å². The van der Waals surface area contributed by atoms with Crippen molar-refractivity contribution >= 4 is 33.2 Å². The third-order valence-corrected chi connectivity index (χ3v) is 5.75. The average molecular weight is 378 g/mol. The lowest BCUT2D eigenvalue weighted by Gasteiger charge is -2.21. The highest BCUT2D eigenvalue weighted by molar-refractivity contribution is 7.89. The van der Waals surface area contributed by atoms with Gasteiger partial charge >= 0.3 is 0 Å². The van der Waals surface area contributed by atoms with E-state index in [2.05, 4.69) is 0 Å². The van der Waals surface area contributed by atoms with Crippen molar-refractivity contribution in [2.75, 3.05) is 20.3 Å². The molecule has 0 bridgehead atoms.